The summed E-state index contributed by atoms with van der Waals surface area (Å²) in [5, 5.41) is 12.9. The Morgan fingerprint density at radius 2 is 1.93 bits per heavy atom. The van der Waals surface area contributed by atoms with Crippen LogP contribution in [0.4, 0.5) is 5.69 Å². The van der Waals surface area contributed by atoms with Gasteiger partial charge in [0.25, 0.3) is 0 Å². The van der Waals surface area contributed by atoms with Crippen LogP contribution in [-0.4, -0.2) is 35.9 Å². The summed E-state index contributed by atoms with van der Waals surface area (Å²) >= 11 is 1.39. The zero-order valence-corrected chi connectivity index (χ0v) is 16.9. The van der Waals surface area contributed by atoms with Crippen molar-refractivity contribution in [3.63, 3.8) is 0 Å². The summed E-state index contributed by atoms with van der Waals surface area (Å²) in [5.74, 6) is 0.674. The summed E-state index contributed by atoms with van der Waals surface area (Å²) in [6, 6.07) is 13.3. The molecule has 0 saturated carbocycles. The standard InChI is InChI=1S/C21H20N6OS/c1-3-27-19(15-9-12-22-13-10-15)25-26-21(27)29-14(2)20(28)24-18-8-4-7-17-16(18)6-5-11-23-17/h4-14H,3H2,1-2H3,(H,24,28). The molecule has 1 amide bonds. The van der Waals surface area contributed by atoms with E-state index < -0.39 is 0 Å². The van der Waals surface area contributed by atoms with Crippen LogP contribution in [0.15, 0.2) is 66.2 Å². The minimum Gasteiger partial charge on any atom is -0.324 e. The Morgan fingerprint density at radius 1 is 1.10 bits per heavy atom. The van der Waals surface area contributed by atoms with Gasteiger partial charge in [-0.1, -0.05) is 17.8 Å². The lowest BCUT2D eigenvalue weighted by Crippen LogP contribution is -2.23. The quantitative estimate of drug-likeness (QED) is 0.489. The zero-order chi connectivity index (χ0) is 20.2. The molecule has 0 aliphatic rings. The third-order valence-electron chi connectivity index (χ3n) is 4.53. The van der Waals surface area contributed by atoms with E-state index in [1.54, 1.807) is 18.6 Å². The van der Waals surface area contributed by atoms with E-state index in [4.69, 9.17) is 0 Å². The summed E-state index contributed by atoms with van der Waals surface area (Å²) in [6.45, 7) is 4.60. The van der Waals surface area contributed by atoms with Crippen LogP contribution in [0, 0.1) is 0 Å². The fraction of sp³-hybridized carbons (Fsp3) is 0.190. The number of hydrogen-bond donors (Lipinski definition) is 1. The predicted octanol–water partition coefficient (Wildman–Crippen LogP) is 4.03. The zero-order valence-electron chi connectivity index (χ0n) is 16.1. The highest BCUT2D eigenvalue weighted by atomic mass is 32.2. The topological polar surface area (TPSA) is 85.6 Å². The molecule has 0 aliphatic carbocycles. The van der Waals surface area contributed by atoms with E-state index in [2.05, 4.69) is 25.5 Å². The van der Waals surface area contributed by atoms with E-state index in [1.165, 1.54) is 11.8 Å². The molecule has 7 nitrogen and oxygen atoms in total. The molecule has 0 bridgehead atoms. The Hall–Kier alpha value is -3.26. The van der Waals surface area contributed by atoms with Gasteiger partial charge in [0.1, 0.15) is 0 Å². The maximum Gasteiger partial charge on any atom is 0.237 e. The Balaban J connectivity index is 1.53. The SMILES string of the molecule is CCn1c(SC(C)C(=O)Nc2cccc3ncccc23)nnc1-c1ccncc1. The van der Waals surface area contributed by atoms with E-state index in [-0.39, 0.29) is 11.2 Å². The van der Waals surface area contributed by atoms with Gasteiger partial charge in [-0.05, 0) is 50.2 Å². The number of carbonyl (C=O) groups excluding carboxylic acids is 1. The van der Waals surface area contributed by atoms with Crippen molar-refractivity contribution < 1.29 is 4.79 Å². The third-order valence-corrected chi connectivity index (χ3v) is 5.61. The maximum atomic E-state index is 12.8. The van der Waals surface area contributed by atoms with Crippen molar-refractivity contribution in [2.45, 2.75) is 30.8 Å². The number of carbonyl (C=O) groups is 1. The Bertz CT molecular complexity index is 1140. The number of hydrogen-bond acceptors (Lipinski definition) is 6. The molecule has 4 rings (SSSR count). The summed E-state index contributed by atoms with van der Waals surface area (Å²) in [5.41, 5.74) is 2.54. The minimum absolute atomic E-state index is 0.0949. The van der Waals surface area contributed by atoms with Crippen molar-refractivity contribution in [2.75, 3.05) is 5.32 Å². The number of nitrogens with zero attached hydrogens (tertiary/aromatic N) is 5. The van der Waals surface area contributed by atoms with Gasteiger partial charge in [0.05, 0.1) is 16.5 Å². The minimum atomic E-state index is -0.346. The second-order valence-corrected chi connectivity index (χ2v) is 7.72. The van der Waals surface area contributed by atoms with E-state index in [9.17, 15) is 4.79 Å². The summed E-state index contributed by atoms with van der Waals surface area (Å²) in [7, 11) is 0. The number of anilines is 1. The molecule has 0 fully saturated rings. The molecule has 3 aromatic heterocycles. The molecular weight excluding hydrogens is 384 g/mol. The Morgan fingerprint density at radius 3 is 2.72 bits per heavy atom. The average Bonchev–Trinajstić information content (AvgIpc) is 3.17. The van der Waals surface area contributed by atoms with Crippen molar-refractivity contribution in [2.24, 2.45) is 0 Å². The lowest BCUT2D eigenvalue weighted by atomic mass is 10.2. The first-order valence-corrected chi connectivity index (χ1v) is 10.2. The first-order chi connectivity index (χ1) is 14.2. The summed E-state index contributed by atoms with van der Waals surface area (Å²) in [4.78, 5) is 21.2. The summed E-state index contributed by atoms with van der Waals surface area (Å²) in [6.07, 6.45) is 5.20. The third kappa shape index (κ3) is 3.97. The van der Waals surface area contributed by atoms with Gasteiger partial charge in [-0.25, -0.2) is 0 Å². The number of aromatic nitrogens is 5. The average molecular weight is 404 g/mol. The van der Waals surface area contributed by atoms with Crippen LogP contribution in [0.5, 0.6) is 0 Å². The predicted molar refractivity (Wildman–Crippen MR) is 115 cm³/mol. The molecule has 0 saturated heterocycles. The largest absolute Gasteiger partial charge is 0.324 e. The second-order valence-electron chi connectivity index (χ2n) is 6.41. The number of thioether (sulfide) groups is 1. The molecule has 146 valence electrons. The van der Waals surface area contributed by atoms with E-state index >= 15 is 0 Å². The van der Waals surface area contributed by atoms with Crippen LogP contribution >= 0.6 is 11.8 Å². The molecule has 8 heteroatoms. The molecule has 29 heavy (non-hydrogen) atoms. The van der Waals surface area contributed by atoms with E-state index in [0.29, 0.717) is 11.7 Å². The highest BCUT2D eigenvalue weighted by molar-refractivity contribution is 8.00. The van der Waals surface area contributed by atoms with Gasteiger partial charge >= 0.3 is 0 Å². The molecule has 1 N–H and O–H groups in total. The number of benzene rings is 1. The molecule has 0 radical (unpaired) electrons. The van der Waals surface area contributed by atoms with Crippen molar-refractivity contribution in [1.29, 1.82) is 0 Å². The van der Waals surface area contributed by atoms with Crippen molar-refractivity contribution in [3.05, 3.63) is 61.1 Å². The van der Waals surface area contributed by atoms with Crippen molar-refractivity contribution in [1.82, 2.24) is 24.7 Å². The number of amides is 1. The maximum absolute atomic E-state index is 12.8. The fourth-order valence-electron chi connectivity index (χ4n) is 3.03. The molecule has 0 spiro atoms. The van der Waals surface area contributed by atoms with Gasteiger partial charge in [0.2, 0.25) is 5.91 Å². The first-order valence-electron chi connectivity index (χ1n) is 9.32. The van der Waals surface area contributed by atoms with Crippen LogP contribution in [0.25, 0.3) is 22.3 Å². The molecule has 0 aliphatic heterocycles. The Labute approximate surface area is 172 Å². The normalized spacial score (nSPS) is 12.1. The van der Waals surface area contributed by atoms with Gasteiger partial charge in [0, 0.05) is 36.1 Å². The highest BCUT2D eigenvalue weighted by Crippen LogP contribution is 2.28. The number of fused-ring (bicyclic) bond motifs is 1. The molecule has 1 atom stereocenters. The molecule has 1 aromatic carbocycles. The smallest absolute Gasteiger partial charge is 0.237 e. The molecule has 1 unspecified atom stereocenters. The molecule has 3 heterocycles. The highest BCUT2D eigenvalue weighted by Gasteiger charge is 2.21. The molecule has 4 aromatic rings. The van der Waals surface area contributed by atoms with Crippen LogP contribution < -0.4 is 5.32 Å². The van der Waals surface area contributed by atoms with Crippen LogP contribution in [0.1, 0.15) is 13.8 Å². The van der Waals surface area contributed by atoms with Crippen LogP contribution in [-0.2, 0) is 11.3 Å². The van der Waals surface area contributed by atoms with E-state index in [0.717, 1.165) is 28.0 Å². The van der Waals surface area contributed by atoms with Gasteiger partial charge in [-0.3, -0.25) is 14.8 Å². The van der Waals surface area contributed by atoms with Crippen LogP contribution in [0.2, 0.25) is 0 Å². The monoisotopic (exact) mass is 404 g/mol. The number of nitrogens with one attached hydrogen (secondary N) is 1. The lowest BCUT2D eigenvalue weighted by molar-refractivity contribution is -0.115. The lowest BCUT2D eigenvalue weighted by Gasteiger charge is -2.14. The number of pyridine rings is 2. The fourth-order valence-corrected chi connectivity index (χ4v) is 3.95. The van der Waals surface area contributed by atoms with Gasteiger partial charge in [0.15, 0.2) is 11.0 Å². The first kappa shape index (κ1) is 19.1. The van der Waals surface area contributed by atoms with Gasteiger partial charge < -0.3 is 9.88 Å². The van der Waals surface area contributed by atoms with Crippen molar-refractivity contribution >= 4 is 34.3 Å². The second kappa shape index (κ2) is 8.40. The van der Waals surface area contributed by atoms with Crippen LogP contribution in [0.3, 0.4) is 0 Å². The van der Waals surface area contributed by atoms with Gasteiger partial charge in [-0.2, -0.15) is 0 Å². The van der Waals surface area contributed by atoms with Gasteiger partial charge in [-0.15, -0.1) is 10.2 Å². The van der Waals surface area contributed by atoms with Crippen molar-refractivity contribution in [3.8, 4) is 11.4 Å². The van der Waals surface area contributed by atoms with E-state index in [1.807, 2.05) is 60.9 Å². The number of rotatable bonds is 6. The Kier molecular flexibility index (Phi) is 5.53. The summed E-state index contributed by atoms with van der Waals surface area (Å²) < 4.78 is 2.01. The molecular formula is C21H20N6OS.